The van der Waals surface area contributed by atoms with E-state index in [4.69, 9.17) is 9.26 Å². The highest BCUT2D eigenvalue weighted by Crippen LogP contribution is 2.27. The van der Waals surface area contributed by atoms with Gasteiger partial charge in [-0.25, -0.2) is 0 Å². The van der Waals surface area contributed by atoms with Crippen LogP contribution >= 0.6 is 23.1 Å². The van der Waals surface area contributed by atoms with Crippen molar-refractivity contribution >= 4 is 23.1 Å². The Hall–Kier alpha value is -2.65. The maximum atomic E-state index is 5.30. The smallest absolute Gasteiger partial charge is 0.258 e. The van der Waals surface area contributed by atoms with Gasteiger partial charge in [0, 0.05) is 18.0 Å². The maximum absolute atomic E-state index is 5.30. The van der Waals surface area contributed by atoms with E-state index >= 15 is 0 Å². The molecule has 0 bridgehead atoms. The second-order valence-corrected chi connectivity index (χ2v) is 7.13. The van der Waals surface area contributed by atoms with E-state index in [2.05, 4.69) is 20.3 Å². The van der Waals surface area contributed by atoms with Gasteiger partial charge in [0.25, 0.3) is 5.89 Å². The molecule has 26 heavy (non-hydrogen) atoms. The maximum Gasteiger partial charge on any atom is 0.258 e. The van der Waals surface area contributed by atoms with E-state index in [1.807, 2.05) is 52.7 Å². The number of nitrogens with zero attached hydrogens (tertiary/aromatic N) is 5. The van der Waals surface area contributed by atoms with E-state index in [9.17, 15) is 0 Å². The van der Waals surface area contributed by atoms with Gasteiger partial charge in [0.05, 0.1) is 18.4 Å². The van der Waals surface area contributed by atoms with Crippen LogP contribution in [0.3, 0.4) is 0 Å². The monoisotopic (exact) mass is 385 g/mol. The Kier molecular flexibility index (Phi) is 4.72. The summed E-state index contributed by atoms with van der Waals surface area (Å²) in [5.74, 6) is 3.33. The highest BCUT2D eigenvalue weighted by molar-refractivity contribution is 7.98. The van der Waals surface area contributed by atoms with Crippen LogP contribution < -0.4 is 4.74 Å². The van der Waals surface area contributed by atoms with Crippen molar-refractivity contribution in [2.45, 2.75) is 10.9 Å². The Bertz CT molecular complexity index is 993. The van der Waals surface area contributed by atoms with Crippen molar-refractivity contribution in [3.8, 4) is 28.6 Å². The number of methoxy groups -OCH3 is 1. The Morgan fingerprint density at radius 1 is 1.15 bits per heavy atom. The number of hydrogen-bond donors (Lipinski definition) is 0. The fourth-order valence-electron chi connectivity index (χ4n) is 2.38. The quantitative estimate of drug-likeness (QED) is 0.466. The number of benzene rings is 1. The van der Waals surface area contributed by atoms with E-state index in [-0.39, 0.29) is 0 Å². The molecule has 0 amide bonds. The van der Waals surface area contributed by atoms with E-state index in [1.165, 1.54) is 11.8 Å². The molecular weight excluding hydrogens is 370 g/mol. The second kappa shape index (κ2) is 7.30. The molecule has 0 unspecified atom stereocenters. The van der Waals surface area contributed by atoms with Gasteiger partial charge < -0.3 is 13.8 Å². The fourth-order valence-corrected chi connectivity index (χ4v) is 3.76. The molecule has 0 aliphatic heterocycles. The third-order valence-corrected chi connectivity index (χ3v) is 5.45. The van der Waals surface area contributed by atoms with E-state index in [0.29, 0.717) is 17.5 Å². The van der Waals surface area contributed by atoms with Crippen LogP contribution in [0.15, 0.2) is 50.8 Å². The molecule has 1 aromatic carbocycles. The molecule has 3 heterocycles. The van der Waals surface area contributed by atoms with Gasteiger partial charge in [-0.15, -0.1) is 10.2 Å². The topological polar surface area (TPSA) is 78.9 Å². The molecule has 4 rings (SSSR count). The van der Waals surface area contributed by atoms with Crippen LogP contribution in [0.1, 0.15) is 5.82 Å². The molecule has 132 valence electrons. The van der Waals surface area contributed by atoms with Gasteiger partial charge in [0.1, 0.15) is 5.75 Å². The van der Waals surface area contributed by atoms with E-state index in [0.717, 1.165) is 27.9 Å². The van der Waals surface area contributed by atoms with Crippen LogP contribution in [-0.2, 0) is 12.8 Å². The number of thioether (sulfide) groups is 1. The molecule has 7 nitrogen and oxygen atoms in total. The van der Waals surface area contributed by atoms with Crippen LogP contribution in [0.25, 0.3) is 22.8 Å². The molecule has 0 aliphatic carbocycles. The molecular formula is C17H15N5O2S2. The standard InChI is InChI=1S/C17H15N5O2S2/c1-22-15(11-3-5-13(23-2)6-4-11)19-20-17(22)26-10-14-18-16(24-21-14)12-7-8-25-9-12/h3-9H,10H2,1-2H3. The molecule has 4 aromatic rings. The number of ether oxygens (including phenoxy) is 1. The van der Waals surface area contributed by atoms with Crippen molar-refractivity contribution in [3.05, 3.63) is 46.9 Å². The predicted octanol–water partition coefficient (Wildman–Crippen LogP) is 3.89. The molecule has 0 N–H and O–H groups in total. The molecule has 0 saturated carbocycles. The number of thiophene rings is 1. The average Bonchev–Trinajstić information content (AvgIpc) is 3.41. The molecule has 0 atom stereocenters. The normalized spacial score (nSPS) is 11.0. The summed E-state index contributed by atoms with van der Waals surface area (Å²) in [5.41, 5.74) is 1.92. The molecule has 0 aliphatic rings. The third kappa shape index (κ3) is 3.35. The fraction of sp³-hybridized carbons (Fsp3) is 0.176. The largest absolute Gasteiger partial charge is 0.497 e. The summed E-state index contributed by atoms with van der Waals surface area (Å²) >= 11 is 3.11. The SMILES string of the molecule is COc1ccc(-c2nnc(SCc3noc(-c4ccsc4)n3)n2C)cc1. The van der Waals surface area contributed by atoms with Crippen LogP contribution in [-0.4, -0.2) is 32.0 Å². The summed E-state index contributed by atoms with van der Waals surface area (Å²) in [4.78, 5) is 4.42. The van der Waals surface area contributed by atoms with Gasteiger partial charge in [-0.1, -0.05) is 16.9 Å². The van der Waals surface area contributed by atoms with E-state index in [1.54, 1.807) is 18.4 Å². The van der Waals surface area contributed by atoms with Crippen molar-refractivity contribution in [1.82, 2.24) is 24.9 Å². The lowest BCUT2D eigenvalue weighted by molar-refractivity contribution is 0.415. The summed E-state index contributed by atoms with van der Waals surface area (Å²) in [6.07, 6.45) is 0. The van der Waals surface area contributed by atoms with Crippen molar-refractivity contribution in [2.24, 2.45) is 7.05 Å². The highest BCUT2D eigenvalue weighted by Gasteiger charge is 2.14. The molecule has 9 heteroatoms. The first kappa shape index (κ1) is 16.8. The predicted molar refractivity (Wildman–Crippen MR) is 100 cm³/mol. The van der Waals surface area contributed by atoms with E-state index < -0.39 is 0 Å². The molecule has 0 spiro atoms. The minimum absolute atomic E-state index is 0.540. The minimum atomic E-state index is 0.540. The Morgan fingerprint density at radius 3 is 2.73 bits per heavy atom. The van der Waals surface area contributed by atoms with Gasteiger partial charge in [0.15, 0.2) is 16.8 Å². The van der Waals surface area contributed by atoms with Gasteiger partial charge >= 0.3 is 0 Å². The Morgan fingerprint density at radius 2 is 2.00 bits per heavy atom. The van der Waals surface area contributed by atoms with Crippen LogP contribution in [0.2, 0.25) is 0 Å². The summed E-state index contributed by atoms with van der Waals surface area (Å²) < 4.78 is 12.4. The van der Waals surface area contributed by atoms with Gasteiger partial charge in [-0.2, -0.15) is 16.3 Å². The molecule has 3 aromatic heterocycles. The lowest BCUT2D eigenvalue weighted by Gasteiger charge is -2.04. The number of hydrogen-bond acceptors (Lipinski definition) is 8. The van der Waals surface area contributed by atoms with Crippen LogP contribution in [0.4, 0.5) is 0 Å². The summed E-state index contributed by atoms with van der Waals surface area (Å²) in [5, 5.41) is 17.3. The Balaban J connectivity index is 1.46. The number of rotatable bonds is 6. The summed E-state index contributed by atoms with van der Waals surface area (Å²) in [7, 11) is 3.59. The first-order valence-corrected chi connectivity index (χ1v) is 9.69. The van der Waals surface area contributed by atoms with Crippen LogP contribution in [0, 0.1) is 0 Å². The summed E-state index contributed by atoms with van der Waals surface area (Å²) in [6.45, 7) is 0. The molecule has 0 fully saturated rings. The van der Waals surface area contributed by atoms with Crippen molar-refractivity contribution in [2.75, 3.05) is 7.11 Å². The lowest BCUT2D eigenvalue weighted by Crippen LogP contribution is -1.95. The third-order valence-electron chi connectivity index (χ3n) is 3.75. The average molecular weight is 385 g/mol. The van der Waals surface area contributed by atoms with Gasteiger partial charge in [-0.05, 0) is 35.7 Å². The lowest BCUT2D eigenvalue weighted by atomic mass is 10.2. The zero-order valence-electron chi connectivity index (χ0n) is 14.1. The zero-order valence-corrected chi connectivity index (χ0v) is 15.8. The first-order chi connectivity index (χ1) is 12.7. The summed E-state index contributed by atoms with van der Waals surface area (Å²) in [6, 6.07) is 9.69. The van der Waals surface area contributed by atoms with Crippen molar-refractivity contribution in [3.63, 3.8) is 0 Å². The molecule has 0 radical (unpaired) electrons. The second-order valence-electron chi connectivity index (χ2n) is 5.41. The van der Waals surface area contributed by atoms with Crippen molar-refractivity contribution < 1.29 is 9.26 Å². The number of aromatic nitrogens is 5. The highest BCUT2D eigenvalue weighted by atomic mass is 32.2. The Labute approximate surface area is 158 Å². The minimum Gasteiger partial charge on any atom is -0.497 e. The van der Waals surface area contributed by atoms with Crippen molar-refractivity contribution in [1.29, 1.82) is 0 Å². The molecule has 0 saturated heterocycles. The van der Waals surface area contributed by atoms with Gasteiger partial charge in [0.2, 0.25) is 0 Å². The first-order valence-electron chi connectivity index (χ1n) is 7.76. The van der Waals surface area contributed by atoms with Gasteiger partial charge in [-0.3, -0.25) is 0 Å². The van der Waals surface area contributed by atoms with Crippen LogP contribution in [0.5, 0.6) is 5.75 Å². The zero-order chi connectivity index (χ0) is 17.9.